The lowest BCUT2D eigenvalue weighted by Gasteiger charge is -1.86. The van der Waals surface area contributed by atoms with Gasteiger partial charge in [0.05, 0.1) is 22.8 Å². The highest BCUT2D eigenvalue weighted by atomic mass is 16.1. The van der Waals surface area contributed by atoms with Crippen LogP contribution in [0.2, 0.25) is 0 Å². The van der Waals surface area contributed by atoms with Crippen LogP contribution in [0.25, 0.3) is 46.4 Å². The monoisotopic (exact) mass is 405 g/mol. The molecule has 150 valence electrons. The van der Waals surface area contributed by atoms with Gasteiger partial charge in [0.25, 0.3) is 0 Å². The number of fused-ring (bicyclic) bond motifs is 8. The number of H-pyrrole nitrogens is 3. The van der Waals surface area contributed by atoms with Crippen molar-refractivity contribution < 1.29 is 0 Å². The Hall–Kier alpha value is -4.45. The number of pyridine rings is 1. The van der Waals surface area contributed by atoms with Gasteiger partial charge in [-0.25, -0.2) is 9.97 Å². The van der Waals surface area contributed by atoms with Crippen LogP contribution in [0.3, 0.4) is 0 Å². The summed E-state index contributed by atoms with van der Waals surface area (Å²) in [5, 5.41) is 0. The van der Waals surface area contributed by atoms with Gasteiger partial charge in [-0.2, -0.15) is 0 Å². The number of aromatic nitrogens is 5. The first-order valence-corrected chi connectivity index (χ1v) is 9.88. The summed E-state index contributed by atoms with van der Waals surface area (Å²) < 4.78 is 0. The Morgan fingerprint density at radius 2 is 1.03 bits per heavy atom. The van der Waals surface area contributed by atoms with Crippen LogP contribution in [-0.4, -0.2) is 24.9 Å². The summed E-state index contributed by atoms with van der Waals surface area (Å²) in [5.41, 5.74) is 7.81. The van der Waals surface area contributed by atoms with Crippen molar-refractivity contribution in [2.45, 2.75) is 0 Å². The molecule has 4 aromatic rings. The molecule has 0 fully saturated rings. The van der Waals surface area contributed by atoms with Crippen LogP contribution >= 0.6 is 0 Å². The summed E-state index contributed by atoms with van der Waals surface area (Å²) in [6.45, 7) is 0. The van der Waals surface area contributed by atoms with Crippen molar-refractivity contribution in [1.82, 2.24) is 24.9 Å². The van der Waals surface area contributed by atoms with Crippen molar-refractivity contribution >= 4 is 46.4 Å². The van der Waals surface area contributed by atoms with Crippen molar-refractivity contribution in [1.29, 1.82) is 0 Å². The number of nitrogens with zero attached hydrogens (tertiary/aromatic N) is 2. The summed E-state index contributed by atoms with van der Waals surface area (Å²) in [5.74, 6) is 0. The molecule has 3 N–H and O–H groups in total. The number of hydrogen-bond donors (Lipinski definition) is 3. The van der Waals surface area contributed by atoms with Crippen LogP contribution in [0.4, 0.5) is 0 Å². The molecule has 8 bridgehead atoms. The first kappa shape index (κ1) is 18.6. The summed E-state index contributed by atoms with van der Waals surface area (Å²) in [6.07, 6.45) is 9.65. The van der Waals surface area contributed by atoms with Crippen LogP contribution in [0.15, 0.2) is 77.7 Å². The van der Waals surface area contributed by atoms with E-state index in [2.05, 4.69) is 55.3 Å². The largest absolute Gasteiger partial charge is 0.355 e. The molecule has 6 heterocycles. The van der Waals surface area contributed by atoms with Gasteiger partial charge in [0.1, 0.15) is 0 Å². The van der Waals surface area contributed by atoms with E-state index < -0.39 is 0 Å². The van der Waals surface area contributed by atoms with Crippen molar-refractivity contribution in [2.24, 2.45) is 0 Å². The summed E-state index contributed by atoms with van der Waals surface area (Å²) >= 11 is 0. The summed E-state index contributed by atoms with van der Waals surface area (Å²) in [4.78, 5) is 28.7. The molecule has 0 spiro atoms. The zero-order chi connectivity index (χ0) is 21.0. The normalized spacial score (nSPS) is 11.7. The van der Waals surface area contributed by atoms with E-state index in [1.807, 2.05) is 42.5 Å². The minimum absolute atomic E-state index is 0.0532. The van der Waals surface area contributed by atoms with Crippen molar-refractivity contribution in [2.75, 3.05) is 0 Å². The van der Waals surface area contributed by atoms with E-state index in [-0.39, 0.29) is 5.56 Å². The molecule has 0 aliphatic carbocycles. The van der Waals surface area contributed by atoms with Gasteiger partial charge in [-0.3, -0.25) is 4.79 Å². The van der Waals surface area contributed by atoms with Crippen molar-refractivity contribution in [3.8, 4) is 0 Å². The topological polar surface area (TPSA) is 90.2 Å². The van der Waals surface area contributed by atoms with Crippen LogP contribution in [0.5, 0.6) is 0 Å². The SMILES string of the molecule is C1=Cc2cc3ccc(cc4ccc(cc5nc(cc1n2)C=C5)[nH]4)[nH]3.O=c1cccc[nH]1. The van der Waals surface area contributed by atoms with E-state index in [1.165, 1.54) is 6.07 Å². The van der Waals surface area contributed by atoms with E-state index in [4.69, 9.17) is 0 Å². The van der Waals surface area contributed by atoms with Gasteiger partial charge in [0, 0.05) is 34.3 Å². The summed E-state index contributed by atoms with van der Waals surface area (Å²) in [7, 11) is 0. The van der Waals surface area contributed by atoms with E-state index in [0.717, 1.165) is 44.8 Å². The second-order valence-electron chi connectivity index (χ2n) is 7.13. The Labute approximate surface area is 177 Å². The fourth-order valence-electron chi connectivity index (χ4n) is 3.32. The zero-order valence-corrected chi connectivity index (χ0v) is 16.5. The van der Waals surface area contributed by atoms with Crippen LogP contribution in [0, 0.1) is 0 Å². The Morgan fingerprint density at radius 3 is 1.45 bits per heavy atom. The fourth-order valence-corrected chi connectivity index (χ4v) is 3.32. The highest BCUT2D eigenvalue weighted by Crippen LogP contribution is 2.17. The highest BCUT2D eigenvalue weighted by Gasteiger charge is 2.02. The third-order valence-corrected chi connectivity index (χ3v) is 4.72. The Morgan fingerprint density at radius 1 is 0.548 bits per heavy atom. The molecule has 4 aromatic heterocycles. The zero-order valence-electron chi connectivity index (χ0n) is 16.5. The lowest BCUT2D eigenvalue weighted by atomic mass is 10.3. The van der Waals surface area contributed by atoms with Crippen LogP contribution in [-0.2, 0) is 0 Å². The second-order valence-corrected chi connectivity index (χ2v) is 7.13. The minimum Gasteiger partial charge on any atom is -0.355 e. The van der Waals surface area contributed by atoms with Crippen molar-refractivity contribution in [3.05, 3.63) is 106 Å². The highest BCUT2D eigenvalue weighted by molar-refractivity contribution is 5.77. The lowest BCUT2D eigenvalue weighted by Crippen LogP contribution is -1.98. The van der Waals surface area contributed by atoms with Crippen molar-refractivity contribution in [3.63, 3.8) is 0 Å². The molecule has 6 nitrogen and oxygen atoms in total. The maximum Gasteiger partial charge on any atom is 0.247 e. The third-order valence-electron chi connectivity index (χ3n) is 4.72. The molecule has 0 amide bonds. The number of rotatable bonds is 0. The number of hydrogen-bond acceptors (Lipinski definition) is 3. The number of nitrogens with one attached hydrogen (secondary N) is 3. The van der Waals surface area contributed by atoms with Gasteiger partial charge in [-0.05, 0) is 78.9 Å². The van der Waals surface area contributed by atoms with Gasteiger partial charge >= 0.3 is 0 Å². The molecule has 0 saturated carbocycles. The van der Waals surface area contributed by atoms with Crippen LogP contribution < -0.4 is 5.56 Å². The van der Waals surface area contributed by atoms with E-state index in [0.29, 0.717) is 0 Å². The molecule has 2 aliphatic heterocycles. The molecule has 6 rings (SSSR count). The first-order chi connectivity index (χ1) is 15.2. The molecule has 31 heavy (non-hydrogen) atoms. The standard InChI is InChI=1S/C20H14N4.C5H5NO/c1-2-14-10-16-5-6-18(23-16)12-20-8-7-19(24-20)11-17-4-3-15(22-17)9-13(1)21-14;7-5-3-1-2-4-6-5/h1-12,21-22H;1-4H,(H,6,7). The van der Waals surface area contributed by atoms with E-state index in [9.17, 15) is 4.79 Å². The lowest BCUT2D eigenvalue weighted by molar-refractivity contribution is 1.24. The molecule has 0 atom stereocenters. The van der Waals surface area contributed by atoms with E-state index >= 15 is 0 Å². The predicted octanol–water partition coefficient (Wildman–Crippen LogP) is 5.03. The molecular formula is C25H19N5O. The Kier molecular flexibility index (Phi) is 4.86. The van der Waals surface area contributed by atoms with Gasteiger partial charge in [0.15, 0.2) is 0 Å². The Balaban J connectivity index is 0.000000250. The molecule has 2 aliphatic rings. The maximum atomic E-state index is 10.2. The Bertz CT molecular complexity index is 1410. The average molecular weight is 405 g/mol. The predicted molar refractivity (Wildman–Crippen MR) is 126 cm³/mol. The smallest absolute Gasteiger partial charge is 0.247 e. The van der Waals surface area contributed by atoms with Gasteiger partial charge < -0.3 is 15.0 Å². The minimum atomic E-state index is -0.0532. The third kappa shape index (κ3) is 4.59. The second kappa shape index (κ2) is 8.12. The first-order valence-electron chi connectivity index (χ1n) is 9.88. The maximum absolute atomic E-state index is 10.2. The summed E-state index contributed by atoms with van der Waals surface area (Å²) in [6, 6.07) is 21.3. The molecule has 0 aromatic carbocycles. The molecule has 0 radical (unpaired) electrons. The number of aromatic amines is 3. The average Bonchev–Trinajstić information content (AvgIpc) is 3.55. The molecular weight excluding hydrogens is 386 g/mol. The van der Waals surface area contributed by atoms with E-state index in [1.54, 1.807) is 18.3 Å². The van der Waals surface area contributed by atoms with Crippen LogP contribution in [0.1, 0.15) is 22.8 Å². The van der Waals surface area contributed by atoms with Gasteiger partial charge in [-0.15, -0.1) is 0 Å². The molecule has 0 saturated heterocycles. The van der Waals surface area contributed by atoms with Gasteiger partial charge in [0.2, 0.25) is 5.56 Å². The van der Waals surface area contributed by atoms with Gasteiger partial charge in [-0.1, -0.05) is 6.07 Å². The molecule has 0 unspecified atom stereocenters. The fraction of sp³-hybridized carbons (Fsp3) is 0. The molecule has 6 heteroatoms. The quantitative estimate of drug-likeness (QED) is 0.331.